The van der Waals surface area contributed by atoms with Gasteiger partial charge in [0.1, 0.15) is 5.75 Å². The van der Waals surface area contributed by atoms with Crippen molar-refractivity contribution in [3.05, 3.63) is 69.8 Å². The molecule has 2 rings (SSSR count). The third-order valence-electron chi connectivity index (χ3n) is 3.33. The van der Waals surface area contributed by atoms with Gasteiger partial charge in [-0.05, 0) is 36.6 Å². The minimum atomic E-state index is -0.512. The van der Waals surface area contributed by atoms with Gasteiger partial charge in [0.15, 0.2) is 0 Å². The van der Waals surface area contributed by atoms with Crippen molar-refractivity contribution in [2.75, 3.05) is 13.7 Å². The Balaban J connectivity index is 1.81. The van der Waals surface area contributed by atoms with E-state index in [9.17, 15) is 14.9 Å². The number of methoxy groups -OCH3 is 1. The number of benzene rings is 2. The number of hydrogen-bond acceptors (Lipinski definition) is 5. The minimum Gasteiger partial charge on any atom is -0.496 e. The van der Waals surface area contributed by atoms with Crippen molar-refractivity contribution in [3.63, 3.8) is 0 Å². The molecular formula is C17H17NO5. The molecule has 0 spiro atoms. The van der Waals surface area contributed by atoms with E-state index in [-0.39, 0.29) is 12.3 Å². The quantitative estimate of drug-likeness (QED) is 0.339. The van der Waals surface area contributed by atoms with Crippen molar-refractivity contribution >= 4 is 11.7 Å². The molecule has 0 aliphatic carbocycles. The second-order valence-corrected chi connectivity index (χ2v) is 4.86. The number of para-hydroxylation sites is 1. The van der Waals surface area contributed by atoms with Crippen LogP contribution in [0.3, 0.4) is 0 Å². The van der Waals surface area contributed by atoms with Gasteiger partial charge < -0.3 is 9.47 Å². The fourth-order valence-electron chi connectivity index (χ4n) is 2.14. The second-order valence-electron chi connectivity index (χ2n) is 4.86. The highest BCUT2D eigenvalue weighted by atomic mass is 16.6. The van der Waals surface area contributed by atoms with Crippen molar-refractivity contribution in [1.29, 1.82) is 0 Å². The normalized spacial score (nSPS) is 10.1. The molecule has 0 saturated heterocycles. The van der Waals surface area contributed by atoms with Crippen LogP contribution in [0.4, 0.5) is 5.69 Å². The first-order chi connectivity index (χ1) is 11.1. The van der Waals surface area contributed by atoms with E-state index in [0.29, 0.717) is 12.0 Å². The van der Waals surface area contributed by atoms with Crippen molar-refractivity contribution in [3.8, 4) is 5.75 Å². The van der Waals surface area contributed by atoms with Crippen LogP contribution in [0.2, 0.25) is 0 Å². The summed E-state index contributed by atoms with van der Waals surface area (Å²) in [6.45, 7) is 0.272. The molecular weight excluding hydrogens is 298 g/mol. The minimum absolute atomic E-state index is 0.0577. The lowest BCUT2D eigenvalue weighted by atomic mass is 10.1. The zero-order valence-corrected chi connectivity index (χ0v) is 12.7. The van der Waals surface area contributed by atoms with Gasteiger partial charge in [0.2, 0.25) is 0 Å². The van der Waals surface area contributed by atoms with Gasteiger partial charge in [-0.15, -0.1) is 0 Å². The number of carbonyl (C=O) groups excluding carboxylic acids is 1. The Morgan fingerprint density at radius 3 is 2.48 bits per heavy atom. The largest absolute Gasteiger partial charge is 0.496 e. The van der Waals surface area contributed by atoms with E-state index >= 15 is 0 Å². The lowest BCUT2D eigenvalue weighted by Crippen LogP contribution is -2.07. The summed E-state index contributed by atoms with van der Waals surface area (Å²) in [6.07, 6.45) is 1.40. The SMILES string of the molecule is COc1ccccc1CCCOC(=O)c1ccc([N+](=O)[O-])cc1. The van der Waals surface area contributed by atoms with Gasteiger partial charge >= 0.3 is 5.97 Å². The van der Waals surface area contributed by atoms with Crippen molar-refractivity contribution in [2.24, 2.45) is 0 Å². The zero-order chi connectivity index (χ0) is 16.7. The Bertz CT molecular complexity index is 682. The topological polar surface area (TPSA) is 78.7 Å². The molecule has 0 radical (unpaired) electrons. The lowest BCUT2D eigenvalue weighted by molar-refractivity contribution is -0.384. The lowest BCUT2D eigenvalue weighted by Gasteiger charge is -2.08. The molecule has 0 unspecified atom stereocenters. The average Bonchev–Trinajstić information content (AvgIpc) is 2.59. The summed E-state index contributed by atoms with van der Waals surface area (Å²) in [7, 11) is 1.62. The van der Waals surface area contributed by atoms with E-state index < -0.39 is 10.9 Å². The zero-order valence-electron chi connectivity index (χ0n) is 12.7. The standard InChI is InChI=1S/C17H17NO5/c1-22-16-7-3-2-5-13(16)6-4-12-23-17(19)14-8-10-15(11-9-14)18(20)21/h2-3,5,7-11H,4,6,12H2,1H3. The van der Waals surface area contributed by atoms with Gasteiger partial charge in [-0.3, -0.25) is 10.1 Å². The summed E-state index contributed by atoms with van der Waals surface area (Å²) in [5.41, 5.74) is 1.30. The van der Waals surface area contributed by atoms with E-state index in [4.69, 9.17) is 9.47 Å². The summed E-state index contributed by atoms with van der Waals surface area (Å²) in [5, 5.41) is 10.6. The van der Waals surface area contributed by atoms with Gasteiger partial charge in [0.25, 0.3) is 5.69 Å². The Kier molecular flexibility index (Phi) is 5.68. The first-order valence-corrected chi connectivity index (χ1v) is 7.15. The fraction of sp³-hybridized carbons (Fsp3) is 0.235. The van der Waals surface area contributed by atoms with Gasteiger partial charge in [-0.25, -0.2) is 4.79 Å². The molecule has 0 saturated carbocycles. The van der Waals surface area contributed by atoms with E-state index in [1.54, 1.807) is 7.11 Å². The Labute approximate surface area is 133 Å². The molecule has 0 fully saturated rings. The molecule has 0 aliphatic rings. The molecule has 0 heterocycles. The Hall–Kier alpha value is -2.89. The predicted octanol–water partition coefficient (Wildman–Crippen LogP) is 3.39. The van der Waals surface area contributed by atoms with Gasteiger partial charge in [-0.1, -0.05) is 18.2 Å². The molecule has 23 heavy (non-hydrogen) atoms. The number of aryl methyl sites for hydroxylation is 1. The second kappa shape index (κ2) is 7.93. The molecule has 0 aromatic heterocycles. The van der Waals surface area contributed by atoms with Crippen LogP contribution in [0.25, 0.3) is 0 Å². The van der Waals surface area contributed by atoms with Crippen LogP contribution in [-0.2, 0) is 11.2 Å². The van der Waals surface area contributed by atoms with Crippen LogP contribution in [0.15, 0.2) is 48.5 Å². The van der Waals surface area contributed by atoms with E-state index in [1.807, 2.05) is 24.3 Å². The first kappa shape index (κ1) is 16.5. The van der Waals surface area contributed by atoms with Crippen LogP contribution in [0, 0.1) is 10.1 Å². The number of nitro groups is 1. The van der Waals surface area contributed by atoms with Gasteiger partial charge in [0, 0.05) is 12.1 Å². The molecule has 120 valence electrons. The number of hydrogen-bond donors (Lipinski definition) is 0. The first-order valence-electron chi connectivity index (χ1n) is 7.15. The molecule has 0 atom stereocenters. The maximum atomic E-state index is 11.8. The number of rotatable bonds is 7. The van der Waals surface area contributed by atoms with Crippen molar-refractivity contribution < 1.29 is 19.2 Å². The predicted molar refractivity (Wildman–Crippen MR) is 84.7 cm³/mol. The van der Waals surface area contributed by atoms with Crippen LogP contribution in [0.1, 0.15) is 22.3 Å². The molecule has 0 N–H and O–H groups in total. The van der Waals surface area contributed by atoms with Crippen molar-refractivity contribution in [2.45, 2.75) is 12.8 Å². The Morgan fingerprint density at radius 2 is 1.83 bits per heavy atom. The fourth-order valence-corrected chi connectivity index (χ4v) is 2.14. The molecule has 6 heteroatoms. The molecule has 0 aliphatic heterocycles. The van der Waals surface area contributed by atoms with E-state index in [1.165, 1.54) is 24.3 Å². The van der Waals surface area contributed by atoms with Crippen molar-refractivity contribution in [1.82, 2.24) is 0 Å². The summed E-state index contributed by atoms with van der Waals surface area (Å²) in [5.74, 6) is 0.328. The van der Waals surface area contributed by atoms with Crippen LogP contribution >= 0.6 is 0 Å². The highest BCUT2D eigenvalue weighted by Gasteiger charge is 2.10. The smallest absolute Gasteiger partial charge is 0.338 e. The highest BCUT2D eigenvalue weighted by Crippen LogP contribution is 2.19. The highest BCUT2D eigenvalue weighted by molar-refractivity contribution is 5.89. The third-order valence-corrected chi connectivity index (χ3v) is 3.33. The summed E-state index contributed by atoms with van der Waals surface area (Å²) < 4.78 is 10.4. The molecule has 2 aromatic rings. The van der Waals surface area contributed by atoms with Crippen LogP contribution in [-0.4, -0.2) is 24.6 Å². The maximum Gasteiger partial charge on any atom is 0.338 e. The average molecular weight is 315 g/mol. The third kappa shape index (κ3) is 4.54. The van der Waals surface area contributed by atoms with Gasteiger partial charge in [0.05, 0.1) is 24.2 Å². The summed E-state index contributed by atoms with van der Waals surface area (Å²) in [6, 6.07) is 13.0. The monoisotopic (exact) mass is 315 g/mol. The van der Waals surface area contributed by atoms with E-state index in [0.717, 1.165) is 17.7 Å². The van der Waals surface area contributed by atoms with Crippen LogP contribution in [0.5, 0.6) is 5.75 Å². The molecule has 6 nitrogen and oxygen atoms in total. The summed E-state index contributed by atoms with van der Waals surface area (Å²) in [4.78, 5) is 21.9. The number of ether oxygens (including phenoxy) is 2. The van der Waals surface area contributed by atoms with Crippen LogP contribution < -0.4 is 4.74 Å². The molecule has 2 aromatic carbocycles. The van der Waals surface area contributed by atoms with Gasteiger partial charge in [-0.2, -0.15) is 0 Å². The number of nitrogens with zero attached hydrogens (tertiary/aromatic N) is 1. The Morgan fingerprint density at radius 1 is 1.13 bits per heavy atom. The summed E-state index contributed by atoms with van der Waals surface area (Å²) >= 11 is 0. The number of nitro benzene ring substituents is 1. The molecule has 0 bridgehead atoms. The number of non-ortho nitro benzene ring substituents is 1. The van der Waals surface area contributed by atoms with E-state index in [2.05, 4.69) is 0 Å². The number of esters is 1. The molecule has 0 amide bonds. The number of carbonyl (C=O) groups is 1. The maximum absolute atomic E-state index is 11.8.